The number of hydrogen-bond donors (Lipinski definition) is 1. The third kappa shape index (κ3) is 3.07. The van der Waals surface area contributed by atoms with Gasteiger partial charge in [-0.3, -0.25) is 9.40 Å². The van der Waals surface area contributed by atoms with Crippen molar-refractivity contribution in [3.05, 3.63) is 46.0 Å². The molecule has 1 aromatic carbocycles. The molecule has 0 atom stereocenters. The topological polar surface area (TPSA) is 76.9 Å². The van der Waals surface area contributed by atoms with E-state index in [0.717, 1.165) is 16.3 Å². The fourth-order valence-electron chi connectivity index (χ4n) is 2.55. The molecule has 0 spiro atoms. The van der Waals surface area contributed by atoms with Crippen molar-refractivity contribution in [2.24, 2.45) is 7.05 Å². The second kappa shape index (κ2) is 6.03. The van der Waals surface area contributed by atoms with Crippen LogP contribution in [-0.2, 0) is 17.1 Å². The number of thiazole rings is 1. The number of benzene rings is 1. The monoisotopic (exact) mass is 362 g/mol. The predicted molar refractivity (Wildman–Crippen MR) is 95.8 cm³/mol. The van der Waals surface area contributed by atoms with Crippen LogP contribution in [0.15, 0.2) is 34.5 Å². The first-order valence-electron chi connectivity index (χ1n) is 7.33. The zero-order chi connectivity index (χ0) is 17.5. The number of nitrogens with one attached hydrogen (secondary N) is 1. The Bertz CT molecular complexity index is 986. The van der Waals surface area contributed by atoms with Crippen LogP contribution in [0.3, 0.4) is 0 Å². The van der Waals surface area contributed by atoms with Gasteiger partial charge in [0.15, 0.2) is 0 Å². The summed E-state index contributed by atoms with van der Waals surface area (Å²) in [4.78, 5) is 4.65. The van der Waals surface area contributed by atoms with Gasteiger partial charge in [0.25, 0.3) is 10.0 Å². The van der Waals surface area contributed by atoms with E-state index in [1.54, 1.807) is 49.0 Å². The Hall–Kier alpha value is -2.19. The van der Waals surface area contributed by atoms with Crippen LogP contribution >= 0.6 is 11.3 Å². The number of sulfonamides is 1. The maximum atomic E-state index is 12.6. The zero-order valence-electron chi connectivity index (χ0n) is 13.9. The van der Waals surface area contributed by atoms with E-state index < -0.39 is 10.0 Å². The lowest BCUT2D eigenvalue weighted by Crippen LogP contribution is -2.14. The zero-order valence-corrected chi connectivity index (χ0v) is 15.5. The largest absolute Gasteiger partial charge is 0.280 e. The minimum absolute atomic E-state index is 0.226. The van der Waals surface area contributed by atoms with Gasteiger partial charge in [-0.1, -0.05) is 12.1 Å². The highest BCUT2D eigenvalue weighted by Crippen LogP contribution is 2.25. The molecule has 0 bridgehead atoms. The van der Waals surface area contributed by atoms with Crippen LogP contribution in [0.5, 0.6) is 0 Å². The summed E-state index contributed by atoms with van der Waals surface area (Å²) in [6, 6.07) is 7.19. The van der Waals surface area contributed by atoms with Crippen LogP contribution in [0, 0.1) is 20.8 Å². The second-order valence-corrected chi connectivity index (χ2v) is 8.24. The molecule has 6 nitrogen and oxygen atoms in total. The lowest BCUT2D eigenvalue weighted by Gasteiger charge is -2.09. The van der Waals surface area contributed by atoms with E-state index in [0.29, 0.717) is 17.1 Å². The van der Waals surface area contributed by atoms with Crippen molar-refractivity contribution in [1.82, 2.24) is 14.8 Å². The number of rotatable bonds is 4. The van der Waals surface area contributed by atoms with Crippen molar-refractivity contribution in [2.75, 3.05) is 4.72 Å². The highest BCUT2D eigenvalue weighted by molar-refractivity contribution is 7.92. The van der Waals surface area contributed by atoms with Gasteiger partial charge in [0.2, 0.25) is 0 Å². The van der Waals surface area contributed by atoms with Gasteiger partial charge in [0.05, 0.1) is 22.1 Å². The van der Waals surface area contributed by atoms with E-state index >= 15 is 0 Å². The molecule has 0 aliphatic heterocycles. The summed E-state index contributed by atoms with van der Waals surface area (Å²) < 4.78 is 29.5. The summed E-state index contributed by atoms with van der Waals surface area (Å²) in [7, 11) is -1.95. The van der Waals surface area contributed by atoms with E-state index in [9.17, 15) is 8.42 Å². The molecule has 1 N–H and O–H groups in total. The van der Waals surface area contributed by atoms with Crippen molar-refractivity contribution < 1.29 is 8.42 Å². The van der Waals surface area contributed by atoms with Crippen molar-refractivity contribution >= 4 is 27.0 Å². The van der Waals surface area contributed by atoms with Crippen LogP contribution in [-0.4, -0.2) is 23.2 Å². The smallest absolute Gasteiger partial charge is 0.265 e. The molecule has 8 heteroatoms. The second-order valence-electron chi connectivity index (χ2n) is 5.56. The van der Waals surface area contributed by atoms with Crippen LogP contribution in [0.25, 0.3) is 11.3 Å². The lowest BCUT2D eigenvalue weighted by atomic mass is 10.1. The summed E-state index contributed by atoms with van der Waals surface area (Å²) in [6.07, 6.45) is 0. The molecule has 0 unspecified atom stereocenters. The Labute approximate surface area is 145 Å². The average molecular weight is 362 g/mol. The number of aryl methyl sites for hydroxylation is 3. The summed E-state index contributed by atoms with van der Waals surface area (Å²) in [5.74, 6) is 0. The molecule has 0 fully saturated rings. The number of nitrogens with zero attached hydrogens (tertiary/aromatic N) is 3. The quantitative estimate of drug-likeness (QED) is 0.773. The van der Waals surface area contributed by atoms with Gasteiger partial charge < -0.3 is 0 Å². The number of hydrogen-bond acceptors (Lipinski definition) is 5. The van der Waals surface area contributed by atoms with Crippen molar-refractivity contribution in [2.45, 2.75) is 25.7 Å². The molecule has 24 heavy (non-hydrogen) atoms. The molecular weight excluding hydrogens is 344 g/mol. The van der Waals surface area contributed by atoms with Crippen LogP contribution in [0.1, 0.15) is 16.4 Å². The molecule has 2 aromatic heterocycles. The Morgan fingerprint density at radius 2 is 1.79 bits per heavy atom. The minimum atomic E-state index is -3.67. The molecule has 0 aliphatic carbocycles. The van der Waals surface area contributed by atoms with Crippen molar-refractivity contribution in [1.29, 1.82) is 0 Å². The van der Waals surface area contributed by atoms with E-state index in [-0.39, 0.29) is 4.90 Å². The first-order valence-corrected chi connectivity index (χ1v) is 9.70. The third-order valence-electron chi connectivity index (χ3n) is 3.76. The molecule has 3 rings (SSSR count). The third-order valence-corrected chi connectivity index (χ3v) is 6.17. The van der Waals surface area contributed by atoms with E-state index in [1.807, 2.05) is 24.4 Å². The fourth-order valence-corrected chi connectivity index (χ4v) is 4.68. The summed E-state index contributed by atoms with van der Waals surface area (Å²) in [5.41, 5.74) is 3.45. The predicted octanol–water partition coefficient (Wildman–Crippen LogP) is 3.27. The van der Waals surface area contributed by atoms with Gasteiger partial charge in [-0.25, -0.2) is 13.4 Å². The van der Waals surface area contributed by atoms with Gasteiger partial charge in [0.1, 0.15) is 4.90 Å². The number of aromatic nitrogens is 3. The van der Waals surface area contributed by atoms with Crippen LogP contribution in [0.4, 0.5) is 5.69 Å². The van der Waals surface area contributed by atoms with Crippen LogP contribution < -0.4 is 4.72 Å². The number of anilines is 1. The molecule has 0 aliphatic rings. The molecule has 3 aromatic rings. The van der Waals surface area contributed by atoms with Crippen molar-refractivity contribution in [3.8, 4) is 11.3 Å². The summed E-state index contributed by atoms with van der Waals surface area (Å²) in [5, 5.41) is 7.15. The normalized spacial score (nSPS) is 11.7. The highest BCUT2D eigenvalue weighted by atomic mass is 32.2. The van der Waals surface area contributed by atoms with E-state index in [2.05, 4.69) is 14.8 Å². The molecule has 2 heterocycles. The first-order chi connectivity index (χ1) is 11.3. The molecule has 0 saturated carbocycles. The first kappa shape index (κ1) is 16.7. The summed E-state index contributed by atoms with van der Waals surface area (Å²) >= 11 is 1.58. The maximum absolute atomic E-state index is 12.6. The molecule has 0 amide bonds. The minimum Gasteiger partial charge on any atom is -0.280 e. The lowest BCUT2D eigenvalue weighted by molar-refractivity contribution is 0.599. The van der Waals surface area contributed by atoms with E-state index in [4.69, 9.17) is 0 Å². The van der Waals surface area contributed by atoms with Gasteiger partial charge in [-0.15, -0.1) is 11.3 Å². The molecule has 0 radical (unpaired) electrons. The van der Waals surface area contributed by atoms with Crippen LogP contribution in [0.2, 0.25) is 0 Å². The summed E-state index contributed by atoms with van der Waals surface area (Å²) in [6.45, 7) is 5.38. The highest BCUT2D eigenvalue weighted by Gasteiger charge is 2.23. The van der Waals surface area contributed by atoms with Gasteiger partial charge in [0, 0.05) is 23.7 Å². The molecular formula is C16H18N4O2S2. The average Bonchev–Trinajstić information content (AvgIpc) is 3.03. The van der Waals surface area contributed by atoms with Crippen molar-refractivity contribution in [3.63, 3.8) is 0 Å². The Morgan fingerprint density at radius 1 is 1.12 bits per heavy atom. The Morgan fingerprint density at radius 3 is 2.29 bits per heavy atom. The Balaban J connectivity index is 1.88. The van der Waals surface area contributed by atoms with E-state index in [1.165, 1.54) is 0 Å². The fraction of sp³-hybridized carbons (Fsp3) is 0.250. The SMILES string of the molecule is Cc1nc(-c2ccc(NS(=O)(=O)c3c(C)nn(C)c3C)cc2)cs1. The molecule has 0 saturated heterocycles. The maximum Gasteiger partial charge on any atom is 0.265 e. The standard InChI is InChI=1S/C16H18N4O2S2/c1-10-16(11(2)20(4)18-10)24(21,22)19-14-7-5-13(6-8-14)15-9-23-12(3)17-15/h5-9,19H,1-4H3. The molecule has 126 valence electrons. The Kier molecular flexibility index (Phi) is 4.18. The van der Waals surface area contributed by atoms with Gasteiger partial charge >= 0.3 is 0 Å². The van der Waals surface area contributed by atoms with Gasteiger partial charge in [-0.2, -0.15) is 5.10 Å². The van der Waals surface area contributed by atoms with Gasteiger partial charge in [-0.05, 0) is 32.9 Å².